The van der Waals surface area contributed by atoms with E-state index in [1.807, 2.05) is 6.08 Å². The Hall–Kier alpha value is -0.790. The molecule has 0 bridgehead atoms. The van der Waals surface area contributed by atoms with Gasteiger partial charge in [0, 0.05) is 6.08 Å². The van der Waals surface area contributed by atoms with Crippen molar-refractivity contribution in [2.75, 3.05) is 6.61 Å². The van der Waals surface area contributed by atoms with E-state index < -0.39 is 0 Å². The molecule has 0 rings (SSSR count). The van der Waals surface area contributed by atoms with Crippen LogP contribution in [0.15, 0.2) is 12.2 Å². The topological polar surface area (TPSA) is 26.3 Å². The summed E-state index contributed by atoms with van der Waals surface area (Å²) in [5.74, 6) is 0.400. The van der Waals surface area contributed by atoms with Crippen molar-refractivity contribution < 1.29 is 9.53 Å². The maximum absolute atomic E-state index is 11.3. The third-order valence-corrected chi connectivity index (χ3v) is 2.60. The Morgan fingerprint density at radius 3 is 2.41 bits per heavy atom. The van der Waals surface area contributed by atoms with Gasteiger partial charge in [-0.2, -0.15) is 0 Å². The van der Waals surface area contributed by atoms with Gasteiger partial charge < -0.3 is 4.74 Å². The Bertz CT molecular complexity index is 207. The molecule has 100 valence electrons. The highest BCUT2D eigenvalue weighted by molar-refractivity contribution is 5.81. The van der Waals surface area contributed by atoms with Crippen LogP contribution in [-0.4, -0.2) is 12.6 Å². The van der Waals surface area contributed by atoms with Crippen LogP contribution in [0.3, 0.4) is 0 Å². The van der Waals surface area contributed by atoms with Crippen molar-refractivity contribution in [2.24, 2.45) is 5.92 Å². The fourth-order valence-corrected chi connectivity index (χ4v) is 1.54. The van der Waals surface area contributed by atoms with Gasteiger partial charge in [0.2, 0.25) is 0 Å². The fraction of sp³-hybridized carbons (Fsp3) is 0.800. The zero-order valence-corrected chi connectivity index (χ0v) is 11.7. The second kappa shape index (κ2) is 11.7. The molecule has 0 saturated carbocycles. The number of unbranched alkanes of at least 4 members (excludes halogenated alkanes) is 5. The van der Waals surface area contributed by atoms with Crippen molar-refractivity contribution in [2.45, 2.75) is 65.7 Å². The number of esters is 1. The van der Waals surface area contributed by atoms with Crippen molar-refractivity contribution in [3.8, 4) is 0 Å². The molecule has 0 unspecified atom stereocenters. The van der Waals surface area contributed by atoms with Crippen LogP contribution in [0.4, 0.5) is 0 Å². The van der Waals surface area contributed by atoms with Crippen LogP contribution in [0.5, 0.6) is 0 Å². The van der Waals surface area contributed by atoms with E-state index in [0.29, 0.717) is 12.5 Å². The average Bonchev–Trinajstić information content (AvgIpc) is 2.27. The Morgan fingerprint density at radius 2 is 1.76 bits per heavy atom. The van der Waals surface area contributed by atoms with Gasteiger partial charge in [-0.3, -0.25) is 0 Å². The van der Waals surface area contributed by atoms with Crippen molar-refractivity contribution in [3.63, 3.8) is 0 Å². The van der Waals surface area contributed by atoms with E-state index in [-0.39, 0.29) is 5.97 Å². The van der Waals surface area contributed by atoms with E-state index in [2.05, 4.69) is 20.8 Å². The van der Waals surface area contributed by atoms with Gasteiger partial charge in [0.1, 0.15) is 0 Å². The molecule has 2 heteroatoms. The van der Waals surface area contributed by atoms with Crippen molar-refractivity contribution in [1.82, 2.24) is 0 Å². The largest absolute Gasteiger partial charge is 0.463 e. The lowest BCUT2D eigenvalue weighted by Gasteiger charge is -2.02. The number of hydrogen-bond donors (Lipinski definition) is 0. The van der Waals surface area contributed by atoms with E-state index in [1.54, 1.807) is 6.08 Å². The minimum Gasteiger partial charge on any atom is -0.463 e. The molecule has 0 atom stereocenters. The lowest BCUT2D eigenvalue weighted by Crippen LogP contribution is -2.02. The van der Waals surface area contributed by atoms with Crippen LogP contribution >= 0.6 is 0 Å². The van der Waals surface area contributed by atoms with Crippen molar-refractivity contribution in [3.05, 3.63) is 12.2 Å². The first kappa shape index (κ1) is 16.2. The Labute approximate surface area is 106 Å². The lowest BCUT2D eigenvalue weighted by molar-refractivity contribution is -0.137. The molecule has 0 radical (unpaired) electrons. The molecule has 0 fully saturated rings. The van der Waals surface area contributed by atoms with E-state index in [9.17, 15) is 4.79 Å². The summed E-state index contributed by atoms with van der Waals surface area (Å²) in [6.07, 6.45) is 11.7. The monoisotopic (exact) mass is 240 g/mol. The van der Waals surface area contributed by atoms with Crippen LogP contribution in [0, 0.1) is 5.92 Å². The molecule has 0 aliphatic rings. The predicted octanol–water partition coefficient (Wildman–Crippen LogP) is 4.49. The number of ether oxygens (including phenoxy) is 1. The van der Waals surface area contributed by atoms with Crippen LogP contribution in [0.25, 0.3) is 0 Å². The first-order valence-corrected chi connectivity index (χ1v) is 7.00. The highest BCUT2D eigenvalue weighted by Gasteiger charge is 1.97. The molecule has 17 heavy (non-hydrogen) atoms. The molecular weight excluding hydrogens is 212 g/mol. The van der Waals surface area contributed by atoms with Crippen molar-refractivity contribution in [1.29, 1.82) is 0 Å². The van der Waals surface area contributed by atoms with Crippen LogP contribution < -0.4 is 0 Å². The molecule has 0 aliphatic heterocycles. The van der Waals surface area contributed by atoms with Gasteiger partial charge >= 0.3 is 5.97 Å². The summed E-state index contributed by atoms with van der Waals surface area (Å²) in [6, 6.07) is 0. The van der Waals surface area contributed by atoms with Gasteiger partial charge in [-0.25, -0.2) is 4.79 Å². The molecule has 0 heterocycles. The highest BCUT2D eigenvalue weighted by Crippen LogP contribution is 2.05. The lowest BCUT2D eigenvalue weighted by atomic mass is 10.1. The number of carbonyl (C=O) groups is 1. The number of rotatable bonds is 10. The second-order valence-electron chi connectivity index (χ2n) is 4.97. The Morgan fingerprint density at radius 1 is 1.12 bits per heavy atom. The summed E-state index contributed by atoms with van der Waals surface area (Å²) < 4.78 is 5.10. The van der Waals surface area contributed by atoms with Crippen LogP contribution in [0.1, 0.15) is 65.7 Å². The predicted molar refractivity (Wildman–Crippen MR) is 72.9 cm³/mol. The van der Waals surface area contributed by atoms with Crippen LogP contribution in [-0.2, 0) is 9.53 Å². The minimum atomic E-state index is -0.195. The minimum absolute atomic E-state index is 0.195. The summed E-state index contributed by atoms with van der Waals surface area (Å²) in [4.78, 5) is 11.3. The van der Waals surface area contributed by atoms with Crippen molar-refractivity contribution >= 4 is 5.97 Å². The summed E-state index contributed by atoms with van der Waals surface area (Å²) in [6.45, 7) is 7.04. The second-order valence-corrected chi connectivity index (χ2v) is 4.97. The molecule has 0 aliphatic carbocycles. The zero-order chi connectivity index (χ0) is 12.9. The zero-order valence-electron chi connectivity index (χ0n) is 11.7. The summed E-state index contributed by atoms with van der Waals surface area (Å²) >= 11 is 0. The van der Waals surface area contributed by atoms with Gasteiger partial charge in [-0.05, 0) is 18.8 Å². The summed E-state index contributed by atoms with van der Waals surface area (Å²) in [5.41, 5.74) is 0. The first-order valence-electron chi connectivity index (χ1n) is 7.00. The van der Waals surface area contributed by atoms with Gasteiger partial charge in [-0.15, -0.1) is 0 Å². The number of allylic oxidation sites excluding steroid dienone is 1. The van der Waals surface area contributed by atoms with Crippen LogP contribution in [0.2, 0.25) is 0 Å². The summed E-state index contributed by atoms with van der Waals surface area (Å²) in [7, 11) is 0. The Balaban J connectivity index is 3.30. The molecule has 0 aromatic heterocycles. The number of hydrogen-bond acceptors (Lipinski definition) is 2. The normalized spacial score (nSPS) is 11.3. The van der Waals surface area contributed by atoms with Gasteiger partial charge in [0.15, 0.2) is 0 Å². The fourth-order valence-electron chi connectivity index (χ4n) is 1.54. The van der Waals surface area contributed by atoms with E-state index in [0.717, 1.165) is 12.8 Å². The maximum atomic E-state index is 11.3. The van der Waals surface area contributed by atoms with E-state index in [4.69, 9.17) is 4.74 Å². The molecule has 0 aromatic carbocycles. The third kappa shape index (κ3) is 13.1. The maximum Gasteiger partial charge on any atom is 0.330 e. The standard InChI is InChI=1S/C15H28O2/c1-4-5-6-7-8-9-13-17-15(16)12-10-11-14(2)3/h10,12,14H,4-9,11,13H2,1-3H3/b12-10+. The molecule has 2 nitrogen and oxygen atoms in total. The smallest absolute Gasteiger partial charge is 0.330 e. The quantitative estimate of drug-likeness (QED) is 0.319. The van der Waals surface area contributed by atoms with Gasteiger partial charge in [-0.1, -0.05) is 59.0 Å². The SMILES string of the molecule is CCCCCCCCOC(=O)/C=C/CC(C)C. The average molecular weight is 240 g/mol. The third-order valence-electron chi connectivity index (χ3n) is 2.60. The van der Waals surface area contributed by atoms with E-state index >= 15 is 0 Å². The molecule has 0 spiro atoms. The summed E-state index contributed by atoms with van der Waals surface area (Å²) in [5, 5.41) is 0. The molecule has 0 N–H and O–H groups in total. The number of carbonyl (C=O) groups excluding carboxylic acids is 1. The molecule has 0 amide bonds. The van der Waals surface area contributed by atoms with Gasteiger partial charge in [0.25, 0.3) is 0 Å². The first-order chi connectivity index (χ1) is 8.16. The highest BCUT2D eigenvalue weighted by atomic mass is 16.5. The van der Waals surface area contributed by atoms with Gasteiger partial charge in [0.05, 0.1) is 6.61 Å². The Kier molecular flexibility index (Phi) is 11.1. The van der Waals surface area contributed by atoms with E-state index in [1.165, 1.54) is 32.1 Å². The molecular formula is C15H28O2. The molecule has 0 saturated heterocycles. The molecule has 0 aromatic rings.